The molecule has 18 heavy (non-hydrogen) atoms. The Balaban J connectivity index is 3.08. The van der Waals surface area contributed by atoms with E-state index in [4.69, 9.17) is 11.6 Å². The monoisotopic (exact) mass is 287 g/mol. The van der Waals surface area contributed by atoms with E-state index in [1.807, 2.05) is 0 Å². The molecule has 0 aliphatic carbocycles. The molecule has 0 aliphatic rings. The highest BCUT2D eigenvalue weighted by Crippen LogP contribution is 2.15. The van der Waals surface area contributed by atoms with Crippen LogP contribution in [0.5, 0.6) is 0 Å². The zero-order valence-electron chi connectivity index (χ0n) is 10.2. The van der Waals surface area contributed by atoms with Crippen molar-refractivity contribution in [1.29, 1.82) is 0 Å². The van der Waals surface area contributed by atoms with E-state index in [-0.39, 0.29) is 17.3 Å². The van der Waals surface area contributed by atoms with Crippen molar-refractivity contribution < 1.29 is 13.2 Å². The van der Waals surface area contributed by atoms with Crippen LogP contribution in [0.4, 0.5) is 0 Å². The highest BCUT2D eigenvalue weighted by atomic mass is 35.5. The summed E-state index contributed by atoms with van der Waals surface area (Å²) in [6.07, 6.45) is 1.10. The molecule has 98 valence electrons. The van der Waals surface area contributed by atoms with Gasteiger partial charge in [-0.15, -0.1) is 0 Å². The molecule has 4 nitrogen and oxygen atoms in total. The minimum absolute atomic E-state index is 0.114. The Labute approximate surface area is 112 Å². The SMILES string of the molecule is C=C(Cl)CNC(=O)c1cc(S(C)(=O)=O)ccc1C. The number of halogens is 1. The summed E-state index contributed by atoms with van der Waals surface area (Å²) in [6, 6.07) is 4.43. The third kappa shape index (κ3) is 3.85. The Hall–Kier alpha value is -1.33. The molecule has 1 N–H and O–H groups in total. The lowest BCUT2D eigenvalue weighted by molar-refractivity contribution is 0.0957. The topological polar surface area (TPSA) is 63.2 Å². The molecule has 0 fully saturated rings. The van der Waals surface area contributed by atoms with Crippen LogP contribution in [0.3, 0.4) is 0 Å². The molecule has 0 radical (unpaired) electrons. The van der Waals surface area contributed by atoms with Crippen LogP contribution in [-0.4, -0.2) is 27.1 Å². The van der Waals surface area contributed by atoms with Crippen molar-refractivity contribution in [3.63, 3.8) is 0 Å². The van der Waals surface area contributed by atoms with E-state index in [0.29, 0.717) is 16.2 Å². The van der Waals surface area contributed by atoms with Gasteiger partial charge in [-0.1, -0.05) is 24.2 Å². The van der Waals surface area contributed by atoms with Crippen LogP contribution in [0, 0.1) is 6.92 Å². The van der Waals surface area contributed by atoms with E-state index < -0.39 is 9.84 Å². The highest BCUT2D eigenvalue weighted by Gasteiger charge is 2.14. The molecule has 1 rings (SSSR count). The molecule has 0 spiro atoms. The highest BCUT2D eigenvalue weighted by molar-refractivity contribution is 7.90. The summed E-state index contributed by atoms with van der Waals surface area (Å²) in [5.74, 6) is -0.375. The third-order valence-corrected chi connectivity index (χ3v) is 3.57. The van der Waals surface area contributed by atoms with Crippen LogP contribution >= 0.6 is 11.6 Å². The molecular formula is C12H14ClNO3S. The predicted molar refractivity (Wildman–Crippen MR) is 71.6 cm³/mol. The van der Waals surface area contributed by atoms with Crippen LogP contribution in [0.1, 0.15) is 15.9 Å². The van der Waals surface area contributed by atoms with Crippen LogP contribution < -0.4 is 5.32 Å². The number of carbonyl (C=O) groups is 1. The number of carbonyl (C=O) groups excluding carboxylic acids is 1. The normalized spacial score (nSPS) is 11.1. The Bertz CT molecular complexity index is 593. The Morgan fingerprint density at radius 2 is 2.06 bits per heavy atom. The van der Waals surface area contributed by atoms with E-state index in [1.165, 1.54) is 12.1 Å². The molecule has 1 aromatic carbocycles. The van der Waals surface area contributed by atoms with E-state index in [1.54, 1.807) is 13.0 Å². The van der Waals surface area contributed by atoms with Gasteiger partial charge in [-0.3, -0.25) is 4.79 Å². The van der Waals surface area contributed by atoms with E-state index in [2.05, 4.69) is 11.9 Å². The van der Waals surface area contributed by atoms with Crippen LogP contribution in [0.15, 0.2) is 34.7 Å². The van der Waals surface area contributed by atoms with Crippen molar-refractivity contribution >= 4 is 27.3 Å². The first-order valence-corrected chi connectivity index (χ1v) is 7.41. The molecule has 0 bridgehead atoms. The molecule has 0 saturated heterocycles. The fourth-order valence-corrected chi connectivity index (χ4v) is 2.06. The first kappa shape index (κ1) is 14.7. The molecule has 0 aromatic heterocycles. The van der Waals surface area contributed by atoms with Crippen molar-refractivity contribution in [3.8, 4) is 0 Å². The minimum Gasteiger partial charge on any atom is -0.347 e. The van der Waals surface area contributed by atoms with Gasteiger partial charge in [-0.25, -0.2) is 8.42 Å². The van der Waals surface area contributed by atoms with E-state index in [0.717, 1.165) is 6.26 Å². The zero-order chi connectivity index (χ0) is 13.9. The number of nitrogens with one attached hydrogen (secondary N) is 1. The third-order valence-electron chi connectivity index (χ3n) is 2.32. The quantitative estimate of drug-likeness (QED) is 0.920. The smallest absolute Gasteiger partial charge is 0.251 e. The second-order valence-corrected chi connectivity index (χ2v) is 6.50. The fourth-order valence-electron chi connectivity index (χ4n) is 1.35. The van der Waals surface area contributed by atoms with Gasteiger partial charge < -0.3 is 5.32 Å². The van der Waals surface area contributed by atoms with Gasteiger partial charge in [0.05, 0.1) is 11.4 Å². The number of hydrogen-bond donors (Lipinski definition) is 1. The van der Waals surface area contributed by atoms with Gasteiger partial charge in [0.25, 0.3) is 5.91 Å². The molecular weight excluding hydrogens is 274 g/mol. The summed E-state index contributed by atoms with van der Waals surface area (Å²) in [7, 11) is -3.33. The van der Waals surface area contributed by atoms with Crippen LogP contribution in [-0.2, 0) is 9.84 Å². The summed E-state index contributed by atoms with van der Waals surface area (Å²) < 4.78 is 22.8. The summed E-state index contributed by atoms with van der Waals surface area (Å²) in [5.41, 5.74) is 1.01. The lowest BCUT2D eigenvalue weighted by Crippen LogP contribution is -2.25. The first-order chi connectivity index (χ1) is 8.21. The molecule has 0 unspecified atom stereocenters. The van der Waals surface area contributed by atoms with Crippen molar-refractivity contribution in [2.45, 2.75) is 11.8 Å². The maximum atomic E-state index is 11.8. The second kappa shape index (κ2) is 5.54. The zero-order valence-corrected chi connectivity index (χ0v) is 11.7. The van der Waals surface area contributed by atoms with Gasteiger partial charge in [0, 0.05) is 16.9 Å². The standard InChI is InChI=1S/C12H14ClNO3S/c1-8-4-5-10(18(3,16)17)6-11(8)12(15)14-7-9(2)13/h4-6H,2,7H2,1,3H3,(H,14,15). The molecule has 0 saturated carbocycles. The van der Waals surface area contributed by atoms with E-state index in [9.17, 15) is 13.2 Å². The lowest BCUT2D eigenvalue weighted by Gasteiger charge is -2.08. The number of sulfone groups is 1. The Morgan fingerprint density at radius 1 is 1.44 bits per heavy atom. The number of hydrogen-bond acceptors (Lipinski definition) is 3. The van der Waals surface area contributed by atoms with Gasteiger partial charge in [0.2, 0.25) is 0 Å². The Kier molecular flexibility index (Phi) is 4.53. The van der Waals surface area contributed by atoms with Crippen molar-refractivity contribution in [1.82, 2.24) is 5.32 Å². The van der Waals surface area contributed by atoms with Crippen molar-refractivity contribution in [3.05, 3.63) is 40.9 Å². The van der Waals surface area contributed by atoms with Gasteiger partial charge in [-0.05, 0) is 24.6 Å². The van der Waals surface area contributed by atoms with Crippen molar-refractivity contribution in [2.75, 3.05) is 12.8 Å². The van der Waals surface area contributed by atoms with E-state index >= 15 is 0 Å². The summed E-state index contributed by atoms with van der Waals surface area (Å²) in [5, 5.41) is 2.86. The maximum Gasteiger partial charge on any atom is 0.251 e. The summed E-state index contributed by atoms with van der Waals surface area (Å²) >= 11 is 5.55. The second-order valence-electron chi connectivity index (χ2n) is 3.95. The summed E-state index contributed by atoms with van der Waals surface area (Å²) in [4.78, 5) is 12.0. The molecule has 1 aromatic rings. The van der Waals surface area contributed by atoms with Crippen LogP contribution in [0.25, 0.3) is 0 Å². The summed E-state index contributed by atoms with van der Waals surface area (Å²) in [6.45, 7) is 5.33. The number of benzene rings is 1. The Morgan fingerprint density at radius 3 is 2.56 bits per heavy atom. The molecule has 0 aliphatic heterocycles. The van der Waals surface area contributed by atoms with Crippen LogP contribution in [0.2, 0.25) is 0 Å². The number of aryl methyl sites for hydroxylation is 1. The number of amides is 1. The van der Waals surface area contributed by atoms with Crippen molar-refractivity contribution in [2.24, 2.45) is 0 Å². The average molecular weight is 288 g/mol. The molecule has 0 atom stereocenters. The molecule has 1 amide bonds. The van der Waals surface area contributed by atoms with Gasteiger partial charge >= 0.3 is 0 Å². The van der Waals surface area contributed by atoms with Gasteiger partial charge in [0.15, 0.2) is 9.84 Å². The fraction of sp³-hybridized carbons (Fsp3) is 0.250. The first-order valence-electron chi connectivity index (χ1n) is 5.14. The maximum absolute atomic E-state index is 11.8. The minimum atomic E-state index is -3.33. The largest absolute Gasteiger partial charge is 0.347 e. The predicted octanol–water partition coefficient (Wildman–Crippen LogP) is 1.88. The molecule has 0 heterocycles. The molecule has 6 heteroatoms. The number of rotatable bonds is 4. The van der Waals surface area contributed by atoms with Gasteiger partial charge in [-0.2, -0.15) is 0 Å². The average Bonchev–Trinajstić information content (AvgIpc) is 2.24. The van der Waals surface area contributed by atoms with Gasteiger partial charge in [0.1, 0.15) is 0 Å². The lowest BCUT2D eigenvalue weighted by atomic mass is 10.1.